The molecule has 3 nitrogen and oxygen atoms in total. The minimum Gasteiger partial charge on any atom is -0.390 e. The summed E-state index contributed by atoms with van der Waals surface area (Å²) in [7, 11) is 0. The molecule has 0 aromatic heterocycles. The van der Waals surface area contributed by atoms with Crippen molar-refractivity contribution in [3.63, 3.8) is 0 Å². The summed E-state index contributed by atoms with van der Waals surface area (Å²) in [5, 5.41) is 12.1. The number of halogens is 4. The highest BCUT2D eigenvalue weighted by atomic mass is 35.5. The normalized spacial score (nSPS) is 18.1. The highest BCUT2D eigenvalue weighted by Gasteiger charge is 2.44. The van der Waals surface area contributed by atoms with Gasteiger partial charge in [-0.25, -0.2) is 13.2 Å². The van der Waals surface area contributed by atoms with Crippen LogP contribution < -0.4 is 5.32 Å². The van der Waals surface area contributed by atoms with Crippen LogP contribution in [0.2, 0.25) is 0 Å². The van der Waals surface area contributed by atoms with Gasteiger partial charge >= 0.3 is 0 Å². The molecular formula is C14H20ClF3N2O. The van der Waals surface area contributed by atoms with E-state index in [1.165, 1.54) is 25.1 Å². The molecular weight excluding hydrogens is 305 g/mol. The summed E-state index contributed by atoms with van der Waals surface area (Å²) >= 11 is 0. The molecule has 7 heteroatoms. The third-order valence-corrected chi connectivity index (χ3v) is 3.73. The number of hydrogen-bond donors (Lipinski definition) is 2. The smallest absolute Gasteiger partial charge is 0.289 e. The van der Waals surface area contributed by atoms with E-state index in [1.807, 2.05) is 0 Å². The summed E-state index contributed by atoms with van der Waals surface area (Å²) in [6.07, 6.45) is 0. The summed E-state index contributed by atoms with van der Waals surface area (Å²) in [6.45, 7) is 2.33. The van der Waals surface area contributed by atoms with Gasteiger partial charge in [-0.1, -0.05) is 12.1 Å². The fourth-order valence-corrected chi connectivity index (χ4v) is 2.64. The minimum absolute atomic E-state index is 0. The summed E-state index contributed by atoms with van der Waals surface area (Å²) in [6, 6.07) is 2.89. The molecule has 1 aromatic rings. The van der Waals surface area contributed by atoms with Crippen molar-refractivity contribution in [2.75, 3.05) is 32.8 Å². The van der Waals surface area contributed by atoms with Crippen molar-refractivity contribution in [1.82, 2.24) is 10.2 Å². The Kier molecular flexibility index (Phi) is 6.46. The molecule has 0 saturated carbocycles. The first-order valence-electron chi connectivity index (χ1n) is 6.66. The number of aliphatic hydroxyl groups is 1. The van der Waals surface area contributed by atoms with Crippen molar-refractivity contribution < 1.29 is 18.3 Å². The molecule has 0 radical (unpaired) electrons. The molecule has 120 valence electrons. The molecule has 1 aromatic carbocycles. The molecule has 1 fully saturated rings. The zero-order valence-electron chi connectivity index (χ0n) is 11.8. The number of alkyl halides is 2. The van der Waals surface area contributed by atoms with E-state index < -0.39 is 24.4 Å². The first-order valence-corrected chi connectivity index (χ1v) is 6.66. The maximum absolute atomic E-state index is 14.2. The van der Waals surface area contributed by atoms with Crippen LogP contribution in [0.25, 0.3) is 0 Å². The summed E-state index contributed by atoms with van der Waals surface area (Å²) < 4.78 is 42.0. The Morgan fingerprint density at radius 2 is 1.95 bits per heavy atom. The lowest BCUT2D eigenvalue weighted by Gasteiger charge is -2.39. The van der Waals surface area contributed by atoms with Gasteiger partial charge in [-0.3, -0.25) is 4.90 Å². The molecule has 0 unspecified atom stereocenters. The van der Waals surface area contributed by atoms with Crippen LogP contribution in [0.1, 0.15) is 17.2 Å². The Morgan fingerprint density at radius 3 is 2.52 bits per heavy atom. The van der Waals surface area contributed by atoms with E-state index in [1.54, 1.807) is 4.90 Å². The predicted octanol–water partition coefficient (Wildman–Crippen LogP) is 2.13. The van der Waals surface area contributed by atoms with Gasteiger partial charge in [0.25, 0.3) is 5.92 Å². The van der Waals surface area contributed by atoms with E-state index >= 15 is 0 Å². The number of nitrogens with one attached hydrogen (secondary N) is 1. The average molecular weight is 325 g/mol. The summed E-state index contributed by atoms with van der Waals surface area (Å²) in [4.78, 5) is 1.61. The van der Waals surface area contributed by atoms with E-state index in [-0.39, 0.29) is 23.5 Å². The van der Waals surface area contributed by atoms with E-state index in [2.05, 4.69) is 5.32 Å². The van der Waals surface area contributed by atoms with E-state index in [0.717, 1.165) is 0 Å². The van der Waals surface area contributed by atoms with Crippen LogP contribution in [0.5, 0.6) is 0 Å². The van der Waals surface area contributed by atoms with Gasteiger partial charge < -0.3 is 10.4 Å². The second-order valence-electron chi connectivity index (χ2n) is 5.06. The van der Waals surface area contributed by atoms with Crippen molar-refractivity contribution in [3.8, 4) is 0 Å². The molecule has 1 aliphatic rings. The van der Waals surface area contributed by atoms with Gasteiger partial charge in [0, 0.05) is 26.2 Å². The van der Waals surface area contributed by atoms with E-state index in [0.29, 0.717) is 26.2 Å². The topological polar surface area (TPSA) is 35.5 Å². The van der Waals surface area contributed by atoms with Gasteiger partial charge in [0.05, 0.1) is 0 Å². The zero-order valence-corrected chi connectivity index (χ0v) is 12.6. The number of aliphatic hydroxyl groups excluding tert-OH is 1. The second-order valence-corrected chi connectivity index (χ2v) is 5.06. The van der Waals surface area contributed by atoms with Gasteiger partial charge in [0.1, 0.15) is 18.5 Å². The predicted molar refractivity (Wildman–Crippen MR) is 77.6 cm³/mol. The molecule has 0 bridgehead atoms. The Labute approximate surface area is 128 Å². The van der Waals surface area contributed by atoms with Crippen molar-refractivity contribution in [2.45, 2.75) is 18.9 Å². The van der Waals surface area contributed by atoms with E-state index in [4.69, 9.17) is 5.11 Å². The number of hydrogen-bond acceptors (Lipinski definition) is 3. The first-order chi connectivity index (χ1) is 9.47. The molecule has 2 N–H and O–H groups in total. The Morgan fingerprint density at radius 1 is 1.33 bits per heavy atom. The lowest BCUT2D eigenvalue weighted by Crippen LogP contribution is -2.51. The second kappa shape index (κ2) is 7.45. The maximum atomic E-state index is 14.2. The third-order valence-electron chi connectivity index (χ3n) is 3.73. The van der Waals surface area contributed by atoms with Gasteiger partial charge in [-0.15, -0.1) is 12.4 Å². The van der Waals surface area contributed by atoms with Crippen molar-refractivity contribution in [3.05, 3.63) is 35.1 Å². The van der Waals surface area contributed by atoms with Gasteiger partial charge in [-0.2, -0.15) is 0 Å². The number of rotatable bonds is 4. The number of benzene rings is 1. The fraction of sp³-hybridized carbons (Fsp3) is 0.571. The standard InChI is InChI=1S/C14H19F3N2O.ClH/c1-10-11(3-2-4-12(10)15)13(14(16,17)9-20)19-7-5-18-6-8-19;/h2-4,13,18,20H,5-9H2,1H3;1H/t13-;/m1./s1. The van der Waals surface area contributed by atoms with Crippen LogP contribution in [0.15, 0.2) is 18.2 Å². The molecule has 0 amide bonds. The third kappa shape index (κ3) is 3.88. The minimum atomic E-state index is -3.31. The van der Waals surface area contributed by atoms with Crippen LogP contribution in [-0.2, 0) is 0 Å². The van der Waals surface area contributed by atoms with Crippen molar-refractivity contribution in [2.24, 2.45) is 0 Å². The van der Waals surface area contributed by atoms with E-state index in [9.17, 15) is 13.2 Å². The van der Waals surface area contributed by atoms with Crippen LogP contribution in [0.4, 0.5) is 13.2 Å². The van der Waals surface area contributed by atoms with Crippen LogP contribution >= 0.6 is 12.4 Å². The highest BCUT2D eigenvalue weighted by molar-refractivity contribution is 5.85. The Hall–Kier alpha value is -0.820. The summed E-state index contributed by atoms with van der Waals surface area (Å²) in [5.74, 6) is -3.81. The molecule has 1 atom stereocenters. The van der Waals surface area contributed by atoms with Crippen molar-refractivity contribution in [1.29, 1.82) is 0 Å². The van der Waals surface area contributed by atoms with Gasteiger partial charge in [0.2, 0.25) is 0 Å². The zero-order chi connectivity index (χ0) is 14.8. The lowest BCUT2D eigenvalue weighted by atomic mass is 9.94. The molecule has 0 aliphatic carbocycles. The molecule has 21 heavy (non-hydrogen) atoms. The number of piperazine rings is 1. The molecule has 1 saturated heterocycles. The van der Waals surface area contributed by atoms with Crippen molar-refractivity contribution >= 4 is 12.4 Å². The quantitative estimate of drug-likeness (QED) is 0.890. The summed E-state index contributed by atoms with van der Waals surface area (Å²) in [5.41, 5.74) is 0.454. The van der Waals surface area contributed by atoms with Gasteiger partial charge in [-0.05, 0) is 24.1 Å². The molecule has 1 heterocycles. The van der Waals surface area contributed by atoms with Gasteiger partial charge in [0.15, 0.2) is 0 Å². The maximum Gasteiger partial charge on any atom is 0.289 e. The SMILES string of the molecule is Cc1c(F)cccc1[C@@H](N1CCNCC1)C(F)(F)CO.Cl. The Balaban J connectivity index is 0.00000220. The van der Waals surface area contributed by atoms with Crippen LogP contribution in [0, 0.1) is 12.7 Å². The number of nitrogens with zero attached hydrogens (tertiary/aromatic N) is 1. The highest BCUT2D eigenvalue weighted by Crippen LogP contribution is 2.38. The average Bonchev–Trinajstić information content (AvgIpc) is 2.45. The largest absolute Gasteiger partial charge is 0.390 e. The van der Waals surface area contributed by atoms with Crippen LogP contribution in [0.3, 0.4) is 0 Å². The first kappa shape index (κ1) is 18.2. The Bertz CT molecular complexity index is 468. The molecule has 1 aliphatic heterocycles. The lowest BCUT2D eigenvalue weighted by molar-refractivity contribution is -0.118. The molecule has 2 rings (SSSR count). The fourth-order valence-electron chi connectivity index (χ4n) is 2.64. The molecule has 0 spiro atoms. The van der Waals surface area contributed by atoms with Crippen LogP contribution in [-0.4, -0.2) is 48.7 Å². The monoisotopic (exact) mass is 324 g/mol.